The molecule has 0 radical (unpaired) electrons. The lowest BCUT2D eigenvalue weighted by atomic mass is 10.1. The highest BCUT2D eigenvalue weighted by molar-refractivity contribution is 7.89. The Labute approximate surface area is 152 Å². The predicted molar refractivity (Wildman–Crippen MR) is 99.2 cm³/mol. The molecule has 0 bridgehead atoms. The summed E-state index contributed by atoms with van der Waals surface area (Å²) in [7, 11) is -3.68. The third-order valence-corrected chi connectivity index (χ3v) is 4.92. The van der Waals surface area contributed by atoms with Crippen LogP contribution < -0.4 is 15.4 Å². The molecule has 2 amide bonds. The number of hydrogen-bond acceptors (Lipinski definition) is 4. The van der Waals surface area contributed by atoms with Gasteiger partial charge in [-0.3, -0.25) is 9.59 Å². The first kappa shape index (κ1) is 19.6. The third kappa shape index (κ3) is 5.40. The molecule has 3 N–H and O–H groups in total. The highest BCUT2D eigenvalue weighted by Crippen LogP contribution is 2.14. The molecule has 0 aliphatic carbocycles. The Morgan fingerprint density at radius 1 is 0.962 bits per heavy atom. The van der Waals surface area contributed by atoms with Crippen molar-refractivity contribution in [2.45, 2.75) is 25.3 Å². The van der Waals surface area contributed by atoms with Crippen LogP contribution in [0.3, 0.4) is 0 Å². The molecule has 0 saturated carbocycles. The number of benzene rings is 2. The van der Waals surface area contributed by atoms with Gasteiger partial charge < -0.3 is 10.6 Å². The fraction of sp³-hybridized carbons (Fsp3) is 0.222. The van der Waals surface area contributed by atoms with E-state index in [1.54, 1.807) is 24.3 Å². The highest BCUT2D eigenvalue weighted by Gasteiger charge is 2.14. The summed E-state index contributed by atoms with van der Waals surface area (Å²) in [5.74, 6) is -0.395. The first-order valence-corrected chi connectivity index (χ1v) is 9.54. The number of amides is 2. The average molecular weight is 375 g/mol. The summed E-state index contributed by atoms with van der Waals surface area (Å²) in [6, 6.07) is 12.6. The van der Waals surface area contributed by atoms with Crippen molar-refractivity contribution in [2.75, 3.05) is 11.9 Å². The van der Waals surface area contributed by atoms with Crippen LogP contribution in [0.5, 0.6) is 0 Å². The lowest BCUT2D eigenvalue weighted by Gasteiger charge is -2.09. The van der Waals surface area contributed by atoms with Gasteiger partial charge in [-0.2, -0.15) is 0 Å². The van der Waals surface area contributed by atoms with Crippen molar-refractivity contribution in [3.63, 3.8) is 0 Å². The zero-order valence-corrected chi connectivity index (χ0v) is 15.4. The zero-order chi connectivity index (χ0) is 19.2. The quantitative estimate of drug-likeness (QED) is 0.687. The Morgan fingerprint density at radius 2 is 1.58 bits per heavy atom. The van der Waals surface area contributed by atoms with Crippen molar-refractivity contribution in [3.05, 3.63) is 59.7 Å². The van der Waals surface area contributed by atoms with Crippen LogP contribution in [0, 0.1) is 0 Å². The minimum absolute atomic E-state index is 0.102. The number of anilines is 1. The lowest BCUT2D eigenvalue weighted by molar-refractivity contribution is -0.114. The summed E-state index contributed by atoms with van der Waals surface area (Å²) in [6.07, 6.45) is 0. The maximum atomic E-state index is 12.3. The van der Waals surface area contributed by atoms with Gasteiger partial charge in [-0.1, -0.05) is 12.1 Å². The predicted octanol–water partition coefficient (Wildman–Crippen LogP) is 1.87. The SMILES string of the molecule is CCNC(=O)c1ccc(CNS(=O)(=O)c2ccc(NC(C)=O)cc2)cc1. The summed E-state index contributed by atoms with van der Waals surface area (Å²) in [5, 5.41) is 5.28. The lowest BCUT2D eigenvalue weighted by Crippen LogP contribution is -2.24. The molecule has 0 spiro atoms. The summed E-state index contributed by atoms with van der Waals surface area (Å²) < 4.78 is 27.2. The van der Waals surface area contributed by atoms with E-state index in [1.165, 1.54) is 31.2 Å². The van der Waals surface area contributed by atoms with Gasteiger partial charge in [0.1, 0.15) is 0 Å². The van der Waals surface area contributed by atoms with Gasteiger partial charge in [0.2, 0.25) is 15.9 Å². The zero-order valence-electron chi connectivity index (χ0n) is 14.6. The summed E-state index contributed by atoms with van der Waals surface area (Å²) >= 11 is 0. The molecule has 0 fully saturated rings. The van der Waals surface area contributed by atoms with Crippen molar-refractivity contribution in [2.24, 2.45) is 0 Å². The number of carbonyl (C=O) groups excluding carboxylic acids is 2. The average Bonchev–Trinajstić information content (AvgIpc) is 2.61. The van der Waals surface area contributed by atoms with Gasteiger partial charge in [0, 0.05) is 31.3 Å². The molecule has 0 unspecified atom stereocenters. The smallest absolute Gasteiger partial charge is 0.251 e. The van der Waals surface area contributed by atoms with E-state index in [4.69, 9.17) is 0 Å². The summed E-state index contributed by atoms with van der Waals surface area (Å²) in [5.41, 5.74) is 1.78. The van der Waals surface area contributed by atoms with Crippen LogP contribution >= 0.6 is 0 Å². The van der Waals surface area contributed by atoms with E-state index in [0.717, 1.165) is 5.56 Å². The molecule has 0 heterocycles. The molecule has 2 rings (SSSR count). The van der Waals surface area contributed by atoms with E-state index in [9.17, 15) is 18.0 Å². The molecule has 0 aromatic heterocycles. The van der Waals surface area contributed by atoms with Gasteiger partial charge in [-0.25, -0.2) is 13.1 Å². The fourth-order valence-electron chi connectivity index (χ4n) is 2.22. The Kier molecular flexibility index (Phi) is 6.48. The van der Waals surface area contributed by atoms with Crippen LogP contribution in [0.4, 0.5) is 5.69 Å². The molecule has 7 nitrogen and oxygen atoms in total. The minimum Gasteiger partial charge on any atom is -0.352 e. The summed E-state index contributed by atoms with van der Waals surface area (Å²) in [6.45, 7) is 3.86. The molecule has 138 valence electrons. The number of nitrogens with one attached hydrogen (secondary N) is 3. The largest absolute Gasteiger partial charge is 0.352 e. The molecular weight excluding hydrogens is 354 g/mol. The van der Waals surface area contributed by atoms with Crippen LogP contribution in [0.1, 0.15) is 29.8 Å². The highest BCUT2D eigenvalue weighted by atomic mass is 32.2. The second-order valence-corrected chi connectivity index (χ2v) is 7.35. The van der Waals surface area contributed by atoms with Crippen LogP contribution in [-0.4, -0.2) is 26.8 Å². The molecule has 2 aromatic carbocycles. The molecule has 0 aliphatic heterocycles. The monoisotopic (exact) mass is 375 g/mol. The van der Waals surface area contributed by atoms with Gasteiger partial charge in [0.15, 0.2) is 0 Å². The van der Waals surface area contributed by atoms with Crippen LogP contribution in [0.25, 0.3) is 0 Å². The normalized spacial score (nSPS) is 11.0. The number of hydrogen-bond donors (Lipinski definition) is 3. The first-order chi connectivity index (χ1) is 12.3. The Bertz CT molecular complexity index is 876. The molecule has 8 heteroatoms. The van der Waals surface area contributed by atoms with E-state index >= 15 is 0 Å². The number of carbonyl (C=O) groups is 2. The summed E-state index contributed by atoms with van der Waals surface area (Å²) in [4.78, 5) is 22.8. The van der Waals surface area contributed by atoms with Gasteiger partial charge in [0.05, 0.1) is 4.90 Å². The van der Waals surface area contributed by atoms with Crippen molar-refractivity contribution in [3.8, 4) is 0 Å². The maximum Gasteiger partial charge on any atom is 0.251 e. The van der Waals surface area contributed by atoms with Crippen LogP contribution in [0.15, 0.2) is 53.4 Å². The number of sulfonamides is 1. The van der Waals surface area contributed by atoms with Gasteiger partial charge in [-0.15, -0.1) is 0 Å². The van der Waals surface area contributed by atoms with E-state index in [2.05, 4.69) is 15.4 Å². The molecule has 0 atom stereocenters. The van der Waals surface area contributed by atoms with Gasteiger partial charge in [0.25, 0.3) is 5.91 Å². The topological polar surface area (TPSA) is 104 Å². The standard InChI is InChI=1S/C18H21N3O4S/c1-3-19-18(23)15-6-4-14(5-7-15)12-20-26(24,25)17-10-8-16(9-11-17)21-13(2)22/h4-11,20H,3,12H2,1-2H3,(H,19,23)(H,21,22). The Hall–Kier alpha value is -2.71. The van der Waals surface area contributed by atoms with Crippen LogP contribution in [0.2, 0.25) is 0 Å². The van der Waals surface area contributed by atoms with E-state index in [0.29, 0.717) is 17.8 Å². The molecular formula is C18H21N3O4S. The molecule has 26 heavy (non-hydrogen) atoms. The van der Waals surface area contributed by atoms with E-state index in [-0.39, 0.29) is 23.3 Å². The second-order valence-electron chi connectivity index (χ2n) is 5.59. The fourth-order valence-corrected chi connectivity index (χ4v) is 3.24. The third-order valence-electron chi connectivity index (χ3n) is 3.50. The molecule has 0 aliphatic rings. The van der Waals surface area contributed by atoms with Crippen molar-refractivity contribution in [1.82, 2.24) is 10.0 Å². The van der Waals surface area contributed by atoms with Crippen molar-refractivity contribution in [1.29, 1.82) is 0 Å². The molecule has 0 saturated heterocycles. The molecule has 2 aromatic rings. The first-order valence-electron chi connectivity index (χ1n) is 8.06. The van der Waals surface area contributed by atoms with Gasteiger partial charge in [-0.05, 0) is 48.9 Å². The van der Waals surface area contributed by atoms with E-state index in [1.807, 2.05) is 6.92 Å². The Morgan fingerprint density at radius 3 is 2.12 bits per heavy atom. The van der Waals surface area contributed by atoms with Crippen LogP contribution in [-0.2, 0) is 21.4 Å². The second kappa shape index (κ2) is 8.59. The maximum absolute atomic E-state index is 12.3. The van der Waals surface area contributed by atoms with E-state index < -0.39 is 10.0 Å². The van der Waals surface area contributed by atoms with Gasteiger partial charge >= 0.3 is 0 Å². The van der Waals surface area contributed by atoms with Crippen molar-refractivity contribution >= 4 is 27.5 Å². The number of rotatable bonds is 7. The Balaban J connectivity index is 2.01. The van der Waals surface area contributed by atoms with Crippen molar-refractivity contribution < 1.29 is 18.0 Å². The minimum atomic E-state index is -3.68.